The second kappa shape index (κ2) is 10.0. The SMILES string of the molecule is Cc1nc2ccccn2c1C(=O)NCCCCCC(=O)Nc1ccc(Cl)c([N+](=O)[O-])c1. The number of hydrogen-bond donors (Lipinski definition) is 2. The lowest BCUT2D eigenvalue weighted by atomic mass is 10.2. The van der Waals surface area contributed by atoms with Gasteiger partial charge < -0.3 is 10.6 Å². The number of unbranched alkanes of at least 4 members (excludes halogenated alkanes) is 2. The van der Waals surface area contributed by atoms with Crippen LogP contribution in [0.5, 0.6) is 0 Å². The average Bonchev–Trinajstić information content (AvgIpc) is 3.07. The first-order valence-electron chi connectivity index (χ1n) is 9.82. The van der Waals surface area contributed by atoms with Gasteiger partial charge in [0.15, 0.2) is 0 Å². The molecule has 9 nitrogen and oxygen atoms in total. The van der Waals surface area contributed by atoms with Crippen LogP contribution in [0, 0.1) is 17.0 Å². The van der Waals surface area contributed by atoms with Crippen molar-refractivity contribution < 1.29 is 14.5 Å². The van der Waals surface area contributed by atoms with Crippen molar-refractivity contribution in [2.24, 2.45) is 0 Å². The number of amides is 2. The molecule has 3 aromatic rings. The highest BCUT2D eigenvalue weighted by Gasteiger charge is 2.16. The van der Waals surface area contributed by atoms with Crippen LogP contribution in [0.3, 0.4) is 0 Å². The van der Waals surface area contributed by atoms with E-state index in [0.717, 1.165) is 18.5 Å². The third-order valence-corrected chi connectivity index (χ3v) is 5.03. The van der Waals surface area contributed by atoms with Gasteiger partial charge in [-0.3, -0.25) is 24.1 Å². The van der Waals surface area contributed by atoms with E-state index in [0.29, 0.717) is 30.0 Å². The highest BCUT2D eigenvalue weighted by Crippen LogP contribution is 2.27. The van der Waals surface area contributed by atoms with Crippen molar-refractivity contribution in [2.75, 3.05) is 11.9 Å². The van der Waals surface area contributed by atoms with Gasteiger partial charge in [-0.15, -0.1) is 0 Å². The van der Waals surface area contributed by atoms with Crippen molar-refractivity contribution in [2.45, 2.75) is 32.6 Å². The van der Waals surface area contributed by atoms with Gasteiger partial charge in [0.05, 0.1) is 10.6 Å². The molecule has 0 bridgehead atoms. The molecule has 2 N–H and O–H groups in total. The Morgan fingerprint density at radius 3 is 2.77 bits per heavy atom. The number of hydrogen-bond acceptors (Lipinski definition) is 5. The summed E-state index contributed by atoms with van der Waals surface area (Å²) in [4.78, 5) is 39.2. The molecule has 0 radical (unpaired) electrons. The molecule has 0 unspecified atom stereocenters. The van der Waals surface area contributed by atoms with Crippen LogP contribution in [0.4, 0.5) is 11.4 Å². The van der Waals surface area contributed by atoms with E-state index in [1.807, 2.05) is 18.2 Å². The Balaban J connectivity index is 1.39. The monoisotopic (exact) mass is 443 g/mol. The van der Waals surface area contributed by atoms with Crippen molar-refractivity contribution in [3.63, 3.8) is 0 Å². The van der Waals surface area contributed by atoms with Crippen molar-refractivity contribution in [1.82, 2.24) is 14.7 Å². The third-order valence-electron chi connectivity index (χ3n) is 4.71. The summed E-state index contributed by atoms with van der Waals surface area (Å²) in [6.07, 6.45) is 4.18. The van der Waals surface area contributed by atoms with E-state index in [-0.39, 0.29) is 28.9 Å². The molecule has 0 fully saturated rings. The number of imidazole rings is 1. The maximum Gasteiger partial charge on any atom is 0.289 e. The van der Waals surface area contributed by atoms with Gasteiger partial charge in [-0.25, -0.2) is 4.98 Å². The van der Waals surface area contributed by atoms with Gasteiger partial charge in [-0.05, 0) is 44.0 Å². The second-order valence-corrected chi connectivity index (χ2v) is 7.42. The number of fused-ring (bicyclic) bond motifs is 1. The quantitative estimate of drug-likeness (QED) is 0.293. The molecule has 0 atom stereocenters. The van der Waals surface area contributed by atoms with Gasteiger partial charge in [0, 0.05) is 30.9 Å². The molecule has 2 amide bonds. The summed E-state index contributed by atoms with van der Waals surface area (Å²) in [7, 11) is 0. The van der Waals surface area contributed by atoms with E-state index < -0.39 is 4.92 Å². The number of nitro benzene ring substituents is 1. The van der Waals surface area contributed by atoms with Gasteiger partial charge in [-0.2, -0.15) is 0 Å². The van der Waals surface area contributed by atoms with Crippen LogP contribution in [0.1, 0.15) is 41.9 Å². The van der Waals surface area contributed by atoms with E-state index >= 15 is 0 Å². The summed E-state index contributed by atoms with van der Waals surface area (Å²) in [6.45, 7) is 2.29. The van der Waals surface area contributed by atoms with Crippen molar-refractivity contribution in [3.8, 4) is 0 Å². The maximum atomic E-state index is 12.5. The number of nitro groups is 1. The number of carbonyl (C=O) groups is 2. The predicted octanol–water partition coefficient (Wildman–Crippen LogP) is 4.13. The Morgan fingerprint density at radius 1 is 1.19 bits per heavy atom. The minimum Gasteiger partial charge on any atom is -0.351 e. The van der Waals surface area contributed by atoms with Crippen LogP contribution in [-0.4, -0.2) is 32.7 Å². The number of carbonyl (C=O) groups excluding carboxylic acids is 2. The molecule has 0 aliphatic rings. The van der Waals surface area contributed by atoms with Crippen LogP contribution in [0.2, 0.25) is 5.02 Å². The highest BCUT2D eigenvalue weighted by molar-refractivity contribution is 6.32. The summed E-state index contributed by atoms with van der Waals surface area (Å²) >= 11 is 5.76. The lowest BCUT2D eigenvalue weighted by Crippen LogP contribution is -2.26. The molecule has 0 spiro atoms. The molecule has 162 valence electrons. The first kappa shape index (κ1) is 22.2. The van der Waals surface area contributed by atoms with Gasteiger partial charge >= 0.3 is 0 Å². The van der Waals surface area contributed by atoms with Crippen LogP contribution < -0.4 is 10.6 Å². The average molecular weight is 444 g/mol. The van der Waals surface area contributed by atoms with Crippen LogP contribution in [0.25, 0.3) is 5.65 Å². The number of benzene rings is 1. The zero-order valence-corrected chi connectivity index (χ0v) is 17.7. The Bertz CT molecular complexity index is 1130. The summed E-state index contributed by atoms with van der Waals surface area (Å²) in [5.74, 6) is -0.416. The fourth-order valence-electron chi connectivity index (χ4n) is 3.21. The molecule has 0 aliphatic carbocycles. The lowest BCUT2D eigenvalue weighted by Gasteiger charge is -2.07. The molecule has 31 heavy (non-hydrogen) atoms. The number of anilines is 1. The Hall–Kier alpha value is -3.46. The standard InChI is InChI=1S/C21H22ClN5O4/c1-14-20(26-12-6-4-7-18(26)24-14)21(29)23-11-5-2-3-8-19(28)25-15-9-10-16(22)17(13-15)27(30)31/h4,6-7,9-10,12-13H,2-3,5,8,11H2,1H3,(H,23,29)(H,25,28). The zero-order chi connectivity index (χ0) is 22.4. The van der Waals surface area contributed by atoms with Gasteiger partial charge in [0.2, 0.25) is 5.91 Å². The third kappa shape index (κ3) is 5.58. The van der Waals surface area contributed by atoms with Gasteiger partial charge in [0.1, 0.15) is 16.4 Å². The van der Waals surface area contributed by atoms with E-state index in [2.05, 4.69) is 15.6 Å². The second-order valence-electron chi connectivity index (χ2n) is 7.01. The van der Waals surface area contributed by atoms with Gasteiger partial charge in [-0.1, -0.05) is 24.1 Å². The number of halogens is 1. The summed E-state index contributed by atoms with van der Waals surface area (Å²) in [6, 6.07) is 9.69. The summed E-state index contributed by atoms with van der Waals surface area (Å²) in [5, 5.41) is 16.5. The Kier molecular flexibility index (Phi) is 7.19. The van der Waals surface area contributed by atoms with Gasteiger partial charge in [0.25, 0.3) is 11.6 Å². The first-order chi connectivity index (χ1) is 14.9. The molecule has 3 rings (SSSR count). The van der Waals surface area contributed by atoms with Crippen LogP contribution >= 0.6 is 11.6 Å². The van der Waals surface area contributed by atoms with Crippen molar-refractivity contribution in [1.29, 1.82) is 0 Å². The largest absolute Gasteiger partial charge is 0.351 e. The molecule has 1 aromatic carbocycles. The minimum absolute atomic E-state index is 0.0177. The number of nitrogens with one attached hydrogen (secondary N) is 2. The number of nitrogens with zero attached hydrogens (tertiary/aromatic N) is 3. The van der Waals surface area contributed by atoms with E-state index in [1.165, 1.54) is 18.2 Å². The van der Waals surface area contributed by atoms with E-state index in [1.54, 1.807) is 17.5 Å². The number of rotatable bonds is 9. The van der Waals surface area contributed by atoms with Crippen LogP contribution in [-0.2, 0) is 4.79 Å². The molecular weight excluding hydrogens is 422 g/mol. The summed E-state index contributed by atoms with van der Waals surface area (Å²) in [5.41, 5.74) is 1.99. The number of pyridine rings is 1. The normalized spacial score (nSPS) is 10.8. The smallest absolute Gasteiger partial charge is 0.289 e. The molecule has 0 saturated heterocycles. The molecule has 10 heteroatoms. The topological polar surface area (TPSA) is 119 Å². The molecule has 2 aromatic heterocycles. The Morgan fingerprint density at radius 2 is 2.00 bits per heavy atom. The highest BCUT2D eigenvalue weighted by atomic mass is 35.5. The molecule has 0 aliphatic heterocycles. The number of aryl methyl sites for hydroxylation is 1. The first-order valence-corrected chi connectivity index (χ1v) is 10.2. The molecule has 2 heterocycles. The van der Waals surface area contributed by atoms with E-state index in [9.17, 15) is 19.7 Å². The van der Waals surface area contributed by atoms with Crippen molar-refractivity contribution >= 4 is 40.4 Å². The predicted molar refractivity (Wildman–Crippen MR) is 117 cm³/mol. The fraction of sp³-hybridized carbons (Fsp3) is 0.286. The fourth-order valence-corrected chi connectivity index (χ4v) is 3.40. The van der Waals surface area contributed by atoms with Crippen molar-refractivity contribution in [3.05, 3.63) is 69.1 Å². The lowest BCUT2D eigenvalue weighted by molar-refractivity contribution is -0.384. The zero-order valence-electron chi connectivity index (χ0n) is 16.9. The van der Waals surface area contributed by atoms with Crippen LogP contribution in [0.15, 0.2) is 42.6 Å². The Labute approximate surface area is 183 Å². The minimum atomic E-state index is -0.597. The summed E-state index contributed by atoms with van der Waals surface area (Å²) < 4.78 is 1.76. The van der Waals surface area contributed by atoms with E-state index in [4.69, 9.17) is 11.6 Å². The molecule has 0 saturated carbocycles. The maximum absolute atomic E-state index is 12.5. The molecular formula is C21H22ClN5O4. The number of aromatic nitrogens is 2.